The van der Waals surface area contributed by atoms with Crippen LogP contribution >= 0.6 is 0 Å². The maximum absolute atomic E-state index is 14.4. The molecule has 0 radical (unpaired) electrons. The molecule has 47 heavy (non-hydrogen) atoms. The van der Waals surface area contributed by atoms with Crippen molar-refractivity contribution >= 4 is 32.5 Å². The number of anilines is 1. The highest BCUT2D eigenvalue weighted by atomic mass is 32.2. The molecule has 4 aromatic carbocycles. The molecule has 1 amide bonds. The number of benzene rings is 4. The van der Waals surface area contributed by atoms with Crippen molar-refractivity contribution in [1.29, 1.82) is 0 Å². The van der Waals surface area contributed by atoms with E-state index in [1.165, 1.54) is 4.31 Å². The van der Waals surface area contributed by atoms with Gasteiger partial charge in [-0.1, -0.05) is 93.6 Å². The van der Waals surface area contributed by atoms with Gasteiger partial charge in [0.05, 0.1) is 30.3 Å². The van der Waals surface area contributed by atoms with Crippen molar-refractivity contribution in [3.8, 4) is 11.1 Å². The molecule has 0 unspecified atom stereocenters. The van der Waals surface area contributed by atoms with Crippen molar-refractivity contribution in [3.05, 3.63) is 120 Å². The average molecular weight is 651 g/mol. The number of amides is 1. The SMILES string of the molecule is CC(C)(C)c1ccc(S(=O)(=O)N(Cc2ccccc2)c2ccc3[nH]c(C(=O)NCCN4CCOCC4)c(-c4ccccc4)c3c2)cc1. The van der Waals surface area contributed by atoms with E-state index in [2.05, 4.69) is 36.0 Å². The van der Waals surface area contributed by atoms with Gasteiger partial charge in [-0.3, -0.25) is 14.0 Å². The Hall–Kier alpha value is -4.44. The van der Waals surface area contributed by atoms with Crippen molar-refractivity contribution in [2.24, 2.45) is 0 Å². The van der Waals surface area contributed by atoms with E-state index >= 15 is 0 Å². The fourth-order valence-electron chi connectivity index (χ4n) is 5.97. The molecule has 1 aromatic heterocycles. The minimum absolute atomic E-state index is 0.105. The van der Waals surface area contributed by atoms with Crippen molar-refractivity contribution in [2.75, 3.05) is 43.7 Å². The number of hydrogen-bond acceptors (Lipinski definition) is 5. The number of fused-ring (bicyclic) bond motifs is 1. The number of carbonyl (C=O) groups is 1. The Morgan fingerprint density at radius 2 is 1.55 bits per heavy atom. The van der Waals surface area contributed by atoms with Crippen LogP contribution in [0.25, 0.3) is 22.0 Å². The van der Waals surface area contributed by atoms with Gasteiger partial charge in [0.2, 0.25) is 0 Å². The second-order valence-electron chi connectivity index (χ2n) is 13.0. The second kappa shape index (κ2) is 13.7. The first-order chi connectivity index (χ1) is 22.6. The first kappa shape index (κ1) is 32.5. The van der Waals surface area contributed by atoms with E-state index < -0.39 is 10.0 Å². The number of morpholine rings is 1. The lowest BCUT2D eigenvalue weighted by molar-refractivity contribution is 0.0383. The zero-order valence-electron chi connectivity index (χ0n) is 27.2. The molecule has 1 aliphatic rings. The van der Waals surface area contributed by atoms with Gasteiger partial charge >= 0.3 is 0 Å². The Labute approximate surface area is 277 Å². The van der Waals surface area contributed by atoms with Crippen molar-refractivity contribution in [3.63, 3.8) is 0 Å². The van der Waals surface area contributed by atoms with E-state index in [4.69, 9.17) is 4.74 Å². The molecule has 5 aromatic rings. The monoisotopic (exact) mass is 650 g/mol. The van der Waals surface area contributed by atoms with Gasteiger partial charge in [0, 0.05) is 42.6 Å². The first-order valence-electron chi connectivity index (χ1n) is 16.1. The number of carbonyl (C=O) groups excluding carboxylic acids is 1. The summed E-state index contributed by atoms with van der Waals surface area (Å²) < 4.78 is 35.7. The smallest absolute Gasteiger partial charge is 0.268 e. The fraction of sp³-hybridized carbons (Fsp3) is 0.289. The lowest BCUT2D eigenvalue weighted by atomic mass is 9.87. The Morgan fingerprint density at radius 3 is 2.21 bits per heavy atom. The first-order valence-corrected chi connectivity index (χ1v) is 17.5. The average Bonchev–Trinajstić information content (AvgIpc) is 3.47. The van der Waals surface area contributed by atoms with Crippen LogP contribution in [0.3, 0.4) is 0 Å². The summed E-state index contributed by atoms with van der Waals surface area (Å²) in [5.74, 6) is -0.206. The zero-order valence-corrected chi connectivity index (χ0v) is 28.0. The summed E-state index contributed by atoms with van der Waals surface area (Å²) in [5, 5.41) is 3.86. The minimum Gasteiger partial charge on any atom is -0.379 e. The molecule has 0 atom stereocenters. The number of ether oxygens (including phenoxy) is 1. The Morgan fingerprint density at radius 1 is 0.894 bits per heavy atom. The van der Waals surface area contributed by atoms with Crippen LogP contribution in [0.2, 0.25) is 0 Å². The van der Waals surface area contributed by atoms with Crippen LogP contribution < -0.4 is 9.62 Å². The van der Waals surface area contributed by atoms with Crippen LogP contribution in [-0.2, 0) is 26.7 Å². The minimum atomic E-state index is -3.96. The lowest BCUT2D eigenvalue weighted by Gasteiger charge is -2.26. The quantitative estimate of drug-likeness (QED) is 0.178. The zero-order chi connectivity index (χ0) is 33.0. The molecular formula is C38H42N4O4S. The number of nitrogens with zero attached hydrogens (tertiary/aromatic N) is 2. The molecule has 0 spiro atoms. The molecule has 2 heterocycles. The number of nitrogens with one attached hydrogen (secondary N) is 2. The molecule has 1 aliphatic heterocycles. The largest absolute Gasteiger partial charge is 0.379 e. The van der Waals surface area contributed by atoms with E-state index in [1.54, 1.807) is 18.2 Å². The molecule has 0 bridgehead atoms. The number of hydrogen-bond donors (Lipinski definition) is 2. The van der Waals surface area contributed by atoms with Crippen LogP contribution in [0.1, 0.15) is 42.4 Å². The summed E-state index contributed by atoms with van der Waals surface area (Å²) >= 11 is 0. The number of sulfonamides is 1. The Balaban J connectivity index is 1.40. The van der Waals surface area contributed by atoms with Crippen LogP contribution in [-0.4, -0.2) is 63.6 Å². The molecule has 2 N–H and O–H groups in total. The van der Waals surface area contributed by atoms with E-state index in [0.717, 1.165) is 52.8 Å². The summed E-state index contributed by atoms with van der Waals surface area (Å²) in [6.45, 7) is 10.8. The molecule has 0 aliphatic carbocycles. The third-order valence-electron chi connectivity index (χ3n) is 8.65. The Kier molecular flexibility index (Phi) is 9.50. The van der Waals surface area contributed by atoms with Crippen LogP contribution in [0, 0.1) is 0 Å². The van der Waals surface area contributed by atoms with Crippen LogP contribution in [0.4, 0.5) is 5.69 Å². The van der Waals surface area contributed by atoms with Crippen molar-refractivity contribution < 1.29 is 17.9 Å². The van der Waals surface area contributed by atoms with Gasteiger partial charge in [0.25, 0.3) is 15.9 Å². The highest BCUT2D eigenvalue weighted by Gasteiger charge is 2.28. The third-order valence-corrected chi connectivity index (χ3v) is 10.4. The van der Waals surface area contributed by atoms with Gasteiger partial charge < -0.3 is 15.0 Å². The predicted octanol–water partition coefficient (Wildman–Crippen LogP) is 6.59. The molecule has 6 rings (SSSR count). The molecule has 1 fully saturated rings. The van der Waals surface area contributed by atoms with Crippen LogP contribution in [0.5, 0.6) is 0 Å². The Bertz CT molecular complexity index is 1930. The summed E-state index contributed by atoms with van der Waals surface area (Å²) in [4.78, 5) is 19.5. The molecule has 8 nitrogen and oxygen atoms in total. The maximum atomic E-state index is 14.4. The highest BCUT2D eigenvalue weighted by Crippen LogP contribution is 2.37. The van der Waals surface area contributed by atoms with Crippen molar-refractivity contribution in [2.45, 2.75) is 37.6 Å². The summed E-state index contributed by atoms with van der Waals surface area (Å²) in [7, 11) is -3.96. The van der Waals surface area contributed by atoms with Gasteiger partial charge in [0.15, 0.2) is 0 Å². The maximum Gasteiger partial charge on any atom is 0.268 e. The molecule has 9 heteroatoms. The number of rotatable bonds is 10. The van der Waals surface area contributed by atoms with Crippen LogP contribution in [0.15, 0.2) is 108 Å². The number of H-pyrrole nitrogens is 1. The van der Waals surface area contributed by atoms with Gasteiger partial charge in [-0.2, -0.15) is 0 Å². The molecule has 0 saturated carbocycles. The van der Waals surface area contributed by atoms with Gasteiger partial charge in [-0.05, 0) is 52.4 Å². The summed E-state index contributed by atoms with van der Waals surface area (Å²) in [6, 6.07) is 32.0. The summed E-state index contributed by atoms with van der Waals surface area (Å²) in [5.41, 5.74) is 5.12. The summed E-state index contributed by atoms with van der Waals surface area (Å²) in [6.07, 6.45) is 0. The number of aromatic amines is 1. The van der Waals surface area contributed by atoms with E-state index in [-0.39, 0.29) is 22.8 Å². The van der Waals surface area contributed by atoms with E-state index in [0.29, 0.717) is 31.1 Å². The second-order valence-corrected chi connectivity index (χ2v) is 14.8. The molecule has 1 saturated heterocycles. The third kappa shape index (κ3) is 7.27. The predicted molar refractivity (Wildman–Crippen MR) is 188 cm³/mol. The van der Waals surface area contributed by atoms with Gasteiger partial charge in [-0.25, -0.2) is 8.42 Å². The van der Waals surface area contributed by atoms with E-state index in [1.807, 2.05) is 84.9 Å². The molecular weight excluding hydrogens is 609 g/mol. The van der Waals surface area contributed by atoms with E-state index in [9.17, 15) is 13.2 Å². The van der Waals surface area contributed by atoms with Gasteiger partial charge in [-0.15, -0.1) is 0 Å². The fourth-order valence-corrected chi connectivity index (χ4v) is 7.41. The van der Waals surface area contributed by atoms with Gasteiger partial charge in [0.1, 0.15) is 5.69 Å². The normalized spacial score (nSPS) is 14.3. The molecule has 244 valence electrons. The standard InChI is InChI=1S/C38H42N4O4S/c1-38(2,3)30-14-17-32(18-15-30)47(44,45)42(27-28-10-6-4-7-11-28)31-16-19-34-33(26-31)35(29-12-8-5-9-13-29)36(40-34)37(43)39-20-21-41-22-24-46-25-23-41/h4-19,26,40H,20-25,27H2,1-3H3,(H,39,43). The number of aromatic nitrogens is 1. The lowest BCUT2D eigenvalue weighted by Crippen LogP contribution is -2.41. The topological polar surface area (TPSA) is 94.7 Å². The van der Waals surface area contributed by atoms with Crippen molar-refractivity contribution in [1.82, 2.24) is 15.2 Å². The highest BCUT2D eigenvalue weighted by molar-refractivity contribution is 7.92.